The highest BCUT2D eigenvalue weighted by atomic mass is 16.5. The second-order valence-electron chi connectivity index (χ2n) is 3.01. The van der Waals surface area contributed by atoms with Crippen molar-refractivity contribution in [3.05, 3.63) is 11.6 Å². The first-order valence-corrected chi connectivity index (χ1v) is 4.01. The fourth-order valence-electron chi connectivity index (χ4n) is 0.641. The molecule has 70 valence electrons. The Hall–Kier alpha value is -0.830. The first-order valence-electron chi connectivity index (χ1n) is 4.01. The predicted molar refractivity (Wildman–Crippen MR) is 48.9 cm³/mol. The van der Waals surface area contributed by atoms with Crippen LogP contribution in [0, 0.1) is 0 Å². The molecule has 0 fully saturated rings. The van der Waals surface area contributed by atoms with E-state index in [0.717, 1.165) is 5.57 Å². The fourth-order valence-corrected chi connectivity index (χ4v) is 0.641. The molecule has 12 heavy (non-hydrogen) atoms. The number of carbonyl (C=O) groups is 1. The van der Waals surface area contributed by atoms with Crippen molar-refractivity contribution in [2.24, 2.45) is 0 Å². The van der Waals surface area contributed by atoms with Gasteiger partial charge in [0.15, 0.2) is 0 Å². The minimum absolute atomic E-state index is 0.0566. The zero-order chi connectivity index (χ0) is 9.56. The molecule has 1 amide bonds. The van der Waals surface area contributed by atoms with Gasteiger partial charge in [-0.05, 0) is 20.8 Å². The number of nitrogens with one attached hydrogen (secondary N) is 1. The van der Waals surface area contributed by atoms with Gasteiger partial charge in [-0.3, -0.25) is 4.79 Å². The topological polar surface area (TPSA) is 38.3 Å². The molecule has 1 unspecified atom stereocenters. The highest BCUT2D eigenvalue weighted by Gasteiger charge is 2.00. The highest BCUT2D eigenvalue weighted by Crippen LogP contribution is 1.88. The lowest BCUT2D eigenvalue weighted by molar-refractivity contribution is -0.117. The number of hydrogen-bond donors (Lipinski definition) is 1. The Morgan fingerprint density at radius 2 is 2.17 bits per heavy atom. The summed E-state index contributed by atoms with van der Waals surface area (Å²) in [4.78, 5) is 11.0. The molecule has 0 aliphatic heterocycles. The van der Waals surface area contributed by atoms with Crippen molar-refractivity contribution in [2.75, 3.05) is 13.7 Å². The molecular weight excluding hydrogens is 154 g/mol. The molecule has 0 saturated carbocycles. The number of amides is 1. The smallest absolute Gasteiger partial charge is 0.244 e. The molecule has 0 heterocycles. The minimum Gasteiger partial charge on any atom is -0.380 e. The molecule has 0 aliphatic rings. The third kappa shape index (κ3) is 5.92. The molecule has 3 nitrogen and oxygen atoms in total. The van der Waals surface area contributed by atoms with Crippen LogP contribution < -0.4 is 5.32 Å². The summed E-state index contributed by atoms with van der Waals surface area (Å²) < 4.78 is 4.97. The van der Waals surface area contributed by atoms with Crippen molar-refractivity contribution < 1.29 is 9.53 Å². The van der Waals surface area contributed by atoms with Crippen LogP contribution in [0.4, 0.5) is 0 Å². The van der Waals surface area contributed by atoms with E-state index in [1.54, 1.807) is 13.2 Å². The number of methoxy groups -OCH3 is 1. The van der Waals surface area contributed by atoms with Gasteiger partial charge in [0.05, 0.1) is 6.10 Å². The van der Waals surface area contributed by atoms with Gasteiger partial charge in [0.25, 0.3) is 0 Å². The lowest BCUT2D eigenvalue weighted by Gasteiger charge is -2.08. The second kappa shape index (κ2) is 5.77. The molecular formula is C9H17NO2. The van der Waals surface area contributed by atoms with E-state index in [4.69, 9.17) is 4.74 Å². The van der Waals surface area contributed by atoms with Gasteiger partial charge >= 0.3 is 0 Å². The maximum absolute atomic E-state index is 11.0. The largest absolute Gasteiger partial charge is 0.380 e. The summed E-state index contributed by atoms with van der Waals surface area (Å²) in [5.74, 6) is -0.0566. The molecule has 0 saturated heterocycles. The molecule has 0 aromatic carbocycles. The molecule has 0 bridgehead atoms. The number of carbonyl (C=O) groups excluding carboxylic acids is 1. The lowest BCUT2D eigenvalue weighted by atomic mass is 10.3. The van der Waals surface area contributed by atoms with Crippen LogP contribution in [0.3, 0.4) is 0 Å². The summed E-state index contributed by atoms with van der Waals surface area (Å²) >= 11 is 0. The van der Waals surface area contributed by atoms with Gasteiger partial charge in [-0.15, -0.1) is 0 Å². The van der Waals surface area contributed by atoms with Crippen molar-refractivity contribution >= 4 is 5.91 Å². The maximum atomic E-state index is 11.0. The number of allylic oxidation sites excluding steroid dienone is 1. The van der Waals surface area contributed by atoms with Crippen LogP contribution in [-0.4, -0.2) is 25.7 Å². The van der Waals surface area contributed by atoms with Crippen molar-refractivity contribution in [3.63, 3.8) is 0 Å². The minimum atomic E-state index is -0.0566. The van der Waals surface area contributed by atoms with Crippen LogP contribution in [0.15, 0.2) is 11.6 Å². The Kier molecular flexibility index (Phi) is 5.37. The summed E-state index contributed by atoms with van der Waals surface area (Å²) in [7, 11) is 1.62. The third-order valence-corrected chi connectivity index (χ3v) is 1.39. The quantitative estimate of drug-likeness (QED) is 0.643. The first-order chi connectivity index (χ1) is 5.56. The van der Waals surface area contributed by atoms with Gasteiger partial charge in [0, 0.05) is 19.7 Å². The Labute approximate surface area is 73.8 Å². The van der Waals surface area contributed by atoms with Gasteiger partial charge in [-0.25, -0.2) is 0 Å². The molecule has 0 aromatic rings. The normalized spacial score (nSPS) is 12.0. The molecule has 1 N–H and O–H groups in total. The van der Waals surface area contributed by atoms with Gasteiger partial charge in [0.1, 0.15) is 0 Å². The maximum Gasteiger partial charge on any atom is 0.244 e. The standard InChI is InChI=1S/C9H17NO2/c1-7(2)5-9(11)10-6-8(3)12-4/h5,8H,6H2,1-4H3,(H,10,11). The average Bonchev–Trinajstić information content (AvgIpc) is 1.99. The number of hydrogen-bond acceptors (Lipinski definition) is 2. The fraction of sp³-hybridized carbons (Fsp3) is 0.667. The SMILES string of the molecule is COC(C)CNC(=O)C=C(C)C. The zero-order valence-corrected chi connectivity index (χ0v) is 8.18. The summed E-state index contributed by atoms with van der Waals surface area (Å²) in [6.07, 6.45) is 1.64. The van der Waals surface area contributed by atoms with E-state index in [-0.39, 0.29) is 12.0 Å². The van der Waals surface area contributed by atoms with Gasteiger partial charge in [-0.2, -0.15) is 0 Å². The number of ether oxygens (including phenoxy) is 1. The van der Waals surface area contributed by atoms with Crippen LogP contribution in [-0.2, 0) is 9.53 Å². The van der Waals surface area contributed by atoms with Crippen LogP contribution in [0.2, 0.25) is 0 Å². The predicted octanol–water partition coefficient (Wildman–Crippen LogP) is 1.10. The summed E-state index contributed by atoms with van der Waals surface area (Å²) in [5.41, 5.74) is 0.998. The van der Waals surface area contributed by atoms with E-state index >= 15 is 0 Å². The molecule has 0 aromatic heterocycles. The Morgan fingerprint density at radius 1 is 1.58 bits per heavy atom. The third-order valence-electron chi connectivity index (χ3n) is 1.39. The number of rotatable bonds is 4. The van der Waals surface area contributed by atoms with E-state index in [0.29, 0.717) is 6.54 Å². The summed E-state index contributed by atoms with van der Waals surface area (Å²) in [5, 5.41) is 2.72. The molecule has 3 heteroatoms. The van der Waals surface area contributed by atoms with Crippen molar-refractivity contribution in [3.8, 4) is 0 Å². The zero-order valence-electron chi connectivity index (χ0n) is 8.18. The second-order valence-corrected chi connectivity index (χ2v) is 3.01. The van der Waals surface area contributed by atoms with E-state index in [2.05, 4.69) is 5.32 Å². The van der Waals surface area contributed by atoms with E-state index in [1.165, 1.54) is 0 Å². The monoisotopic (exact) mass is 171 g/mol. The van der Waals surface area contributed by atoms with Gasteiger partial charge in [-0.1, -0.05) is 5.57 Å². The molecule has 0 rings (SSSR count). The highest BCUT2D eigenvalue weighted by molar-refractivity contribution is 5.87. The first kappa shape index (κ1) is 11.2. The van der Waals surface area contributed by atoms with Crippen molar-refractivity contribution in [1.82, 2.24) is 5.32 Å². The van der Waals surface area contributed by atoms with E-state index < -0.39 is 0 Å². The van der Waals surface area contributed by atoms with Crippen LogP contribution >= 0.6 is 0 Å². The molecule has 0 radical (unpaired) electrons. The Morgan fingerprint density at radius 3 is 2.58 bits per heavy atom. The van der Waals surface area contributed by atoms with Crippen LogP contribution in [0.5, 0.6) is 0 Å². The van der Waals surface area contributed by atoms with Crippen molar-refractivity contribution in [2.45, 2.75) is 26.9 Å². The average molecular weight is 171 g/mol. The Balaban J connectivity index is 3.65. The molecule has 0 spiro atoms. The lowest BCUT2D eigenvalue weighted by Crippen LogP contribution is -2.30. The van der Waals surface area contributed by atoms with Crippen molar-refractivity contribution in [1.29, 1.82) is 0 Å². The van der Waals surface area contributed by atoms with Crippen LogP contribution in [0.25, 0.3) is 0 Å². The van der Waals surface area contributed by atoms with Crippen LogP contribution in [0.1, 0.15) is 20.8 Å². The van der Waals surface area contributed by atoms with Gasteiger partial charge in [0.2, 0.25) is 5.91 Å². The Bertz CT molecular complexity index is 171. The molecule has 0 aliphatic carbocycles. The summed E-state index contributed by atoms with van der Waals surface area (Å²) in [6.45, 7) is 6.24. The molecule has 1 atom stereocenters. The summed E-state index contributed by atoms with van der Waals surface area (Å²) in [6, 6.07) is 0. The van der Waals surface area contributed by atoms with Gasteiger partial charge < -0.3 is 10.1 Å². The van der Waals surface area contributed by atoms with E-state index in [9.17, 15) is 4.79 Å². The van der Waals surface area contributed by atoms with E-state index in [1.807, 2.05) is 20.8 Å².